The van der Waals surface area contributed by atoms with Crippen LogP contribution in [0, 0.1) is 5.92 Å². The van der Waals surface area contributed by atoms with Gasteiger partial charge in [-0.3, -0.25) is 4.79 Å². The van der Waals surface area contributed by atoms with Crippen LogP contribution in [0.25, 0.3) is 0 Å². The van der Waals surface area contributed by atoms with Crippen molar-refractivity contribution >= 4 is 107 Å². The number of rotatable bonds is 6. The number of alkyl halides is 6. The first-order chi connectivity index (χ1) is 11.0. The summed E-state index contributed by atoms with van der Waals surface area (Å²) in [4.78, 5) is 24.1. The first-order valence-electron chi connectivity index (χ1n) is 7.57. The third-order valence-corrected chi connectivity index (χ3v) is 5.53. The number of nitrogens with one attached hydrogen (secondary N) is 1. The number of halogens is 6. The summed E-state index contributed by atoms with van der Waals surface area (Å²) in [6.07, 6.45) is 7.09. The second-order valence-electron chi connectivity index (χ2n) is 5.89. The molecule has 24 heavy (non-hydrogen) atoms. The van der Waals surface area contributed by atoms with Crippen LogP contribution < -0.4 is 5.32 Å². The van der Waals surface area contributed by atoms with Crippen LogP contribution in [0.3, 0.4) is 0 Å². The van der Waals surface area contributed by atoms with E-state index in [0.717, 1.165) is 6.42 Å². The standard InChI is InChI=1S/C14H19Br6NO3/c15-13(16,17)7-11(22)21-10(6-9-4-2-1-3-5-9)8-24-12(23)14(18,19)20/h9-10H,1-8H2,(H,21,22). The Labute approximate surface area is 193 Å². The van der Waals surface area contributed by atoms with Gasteiger partial charge in [0, 0.05) is 0 Å². The molecule has 1 amide bonds. The van der Waals surface area contributed by atoms with Crippen LogP contribution in [0.15, 0.2) is 0 Å². The van der Waals surface area contributed by atoms with Gasteiger partial charge in [0.15, 0.2) is 0 Å². The average molecular weight is 729 g/mol. The number of hydrogen-bond donors (Lipinski definition) is 1. The lowest BCUT2D eigenvalue weighted by atomic mass is 9.85. The Morgan fingerprint density at radius 2 is 1.62 bits per heavy atom. The fourth-order valence-corrected chi connectivity index (χ4v) is 3.82. The normalized spacial score (nSPS) is 18.1. The molecule has 10 heteroatoms. The van der Waals surface area contributed by atoms with Crippen molar-refractivity contribution < 1.29 is 14.3 Å². The van der Waals surface area contributed by atoms with E-state index in [2.05, 4.69) is 101 Å². The summed E-state index contributed by atoms with van der Waals surface area (Å²) in [6.45, 7) is 0.144. The highest BCUT2D eigenvalue weighted by Gasteiger charge is 2.32. The largest absolute Gasteiger partial charge is 0.461 e. The molecule has 0 aromatic heterocycles. The summed E-state index contributed by atoms with van der Waals surface area (Å²) in [5.74, 6) is -0.0485. The van der Waals surface area contributed by atoms with Crippen LogP contribution in [0.5, 0.6) is 0 Å². The number of carbonyl (C=O) groups is 2. The number of esters is 1. The van der Waals surface area contributed by atoms with Gasteiger partial charge in [-0.05, 0) is 60.1 Å². The molecular formula is C14H19Br6NO3. The second kappa shape index (κ2) is 11.0. The molecule has 1 unspecified atom stereocenters. The third kappa shape index (κ3) is 10.8. The minimum Gasteiger partial charge on any atom is -0.461 e. The van der Waals surface area contributed by atoms with E-state index in [1.165, 1.54) is 32.1 Å². The quantitative estimate of drug-likeness (QED) is 0.268. The van der Waals surface area contributed by atoms with E-state index >= 15 is 0 Å². The lowest BCUT2D eigenvalue weighted by Crippen LogP contribution is -2.42. The molecule has 1 rings (SSSR count). The molecule has 140 valence electrons. The number of amides is 1. The van der Waals surface area contributed by atoms with E-state index in [-0.39, 0.29) is 25.0 Å². The number of hydrogen-bond acceptors (Lipinski definition) is 3. The zero-order chi connectivity index (χ0) is 18.4. The van der Waals surface area contributed by atoms with Crippen molar-refractivity contribution in [1.29, 1.82) is 0 Å². The van der Waals surface area contributed by atoms with Gasteiger partial charge in [0.25, 0.3) is 0 Å². The molecule has 0 heterocycles. The lowest BCUT2D eigenvalue weighted by Gasteiger charge is -2.28. The Balaban J connectivity index is 2.60. The summed E-state index contributed by atoms with van der Waals surface area (Å²) >= 11 is 19.4. The first kappa shape index (κ1) is 23.9. The predicted molar refractivity (Wildman–Crippen MR) is 118 cm³/mol. The van der Waals surface area contributed by atoms with Gasteiger partial charge in [-0.25, -0.2) is 4.79 Å². The maximum atomic E-state index is 12.2. The molecule has 1 aliphatic rings. The van der Waals surface area contributed by atoms with Crippen molar-refractivity contribution in [3.8, 4) is 0 Å². The SMILES string of the molecule is O=C(CC(Br)(Br)Br)NC(COC(=O)C(Br)(Br)Br)CC1CCCCC1. The third-order valence-electron chi connectivity index (χ3n) is 3.72. The van der Waals surface area contributed by atoms with Gasteiger partial charge in [-0.2, -0.15) is 0 Å². The fraction of sp³-hybridized carbons (Fsp3) is 0.857. The highest BCUT2D eigenvalue weighted by Crippen LogP contribution is 2.37. The van der Waals surface area contributed by atoms with Crippen LogP contribution in [0.4, 0.5) is 0 Å². The van der Waals surface area contributed by atoms with Crippen LogP contribution in [-0.2, 0) is 14.3 Å². The van der Waals surface area contributed by atoms with Gasteiger partial charge >= 0.3 is 5.97 Å². The zero-order valence-corrected chi connectivity index (χ0v) is 22.3. The Kier molecular flexibility index (Phi) is 10.9. The molecular weight excluding hydrogens is 710 g/mol. The van der Waals surface area contributed by atoms with E-state index in [1.807, 2.05) is 0 Å². The highest BCUT2D eigenvalue weighted by atomic mass is 80.0. The molecule has 1 fully saturated rings. The maximum Gasteiger partial charge on any atom is 0.345 e. The Morgan fingerprint density at radius 1 is 1.04 bits per heavy atom. The van der Waals surface area contributed by atoms with E-state index < -0.39 is 10.3 Å². The van der Waals surface area contributed by atoms with Gasteiger partial charge in [-0.1, -0.05) is 79.9 Å². The van der Waals surface area contributed by atoms with Crippen molar-refractivity contribution in [1.82, 2.24) is 5.32 Å². The van der Waals surface area contributed by atoms with Crippen LogP contribution in [0.2, 0.25) is 0 Å². The van der Waals surface area contributed by atoms with Crippen molar-refractivity contribution in [3.63, 3.8) is 0 Å². The monoisotopic (exact) mass is 723 g/mol. The van der Waals surface area contributed by atoms with Crippen molar-refractivity contribution in [2.75, 3.05) is 6.61 Å². The van der Waals surface area contributed by atoms with Gasteiger partial charge in [-0.15, -0.1) is 0 Å². The molecule has 1 saturated carbocycles. The van der Waals surface area contributed by atoms with E-state index in [0.29, 0.717) is 5.92 Å². The van der Waals surface area contributed by atoms with E-state index in [1.54, 1.807) is 0 Å². The summed E-state index contributed by atoms with van der Waals surface area (Å²) in [5, 5.41) is 2.98. The molecule has 1 atom stereocenters. The molecule has 1 N–H and O–H groups in total. The van der Waals surface area contributed by atoms with Crippen LogP contribution in [-0.4, -0.2) is 28.8 Å². The van der Waals surface area contributed by atoms with Gasteiger partial charge < -0.3 is 10.1 Å². The Hall–Kier alpha value is 1.82. The van der Waals surface area contributed by atoms with Crippen molar-refractivity contribution in [2.24, 2.45) is 5.92 Å². The number of carbonyl (C=O) groups excluding carboxylic acids is 2. The molecule has 0 bridgehead atoms. The molecule has 0 aromatic carbocycles. The van der Waals surface area contributed by atoms with Crippen molar-refractivity contribution in [2.45, 2.75) is 55.3 Å². The Bertz CT molecular complexity index is 429. The minimum atomic E-state index is -1.09. The Morgan fingerprint density at radius 3 is 2.12 bits per heavy atom. The van der Waals surface area contributed by atoms with Gasteiger partial charge in [0.05, 0.1) is 12.5 Å². The molecule has 0 spiro atoms. The predicted octanol–water partition coefficient (Wildman–Crippen LogP) is 6.05. The maximum absolute atomic E-state index is 12.2. The van der Waals surface area contributed by atoms with E-state index in [4.69, 9.17) is 4.74 Å². The number of ether oxygens (including phenoxy) is 1. The molecule has 0 saturated heterocycles. The highest BCUT2D eigenvalue weighted by molar-refractivity contribution is 9.40. The molecule has 1 aliphatic carbocycles. The second-order valence-corrected chi connectivity index (χ2v) is 19.9. The summed E-state index contributed by atoms with van der Waals surface area (Å²) in [7, 11) is 0. The molecule has 0 aromatic rings. The lowest BCUT2D eigenvalue weighted by molar-refractivity contribution is -0.143. The molecule has 0 radical (unpaired) electrons. The van der Waals surface area contributed by atoms with Crippen molar-refractivity contribution in [3.05, 3.63) is 0 Å². The smallest absolute Gasteiger partial charge is 0.345 e. The molecule has 4 nitrogen and oxygen atoms in total. The van der Waals surface area contributed by atoms with Crippen LogP contribution in [0.1, 0.15) is 44.9 Å². The van der Waals surface area contributed by atoms with E-state index in [9.17, 15) is 9.59 Å². The summed E-state index contributed by atoms with van der Waals surface area (Å²) < 4.78 is 3.59. The van der Waals surface area contributed by atoms with Crippen LogP contribution >= 0.6 is 95.6 Å². The minimum absolute atomic E-state index is 0.125. The van der Waals surface area contributed by atoms with Gasteiger partial charge in [0.2, 0.25) is 8.05 Å². The average Bonchev–Trinajstić information content (AvgIpc) is 2.42. The molecule has 0 aliphatic heterocycles. The zero-order valence-electron chi connectivity index (χ0n) is 12.8. The first-order valence-corrected chi connectivity index (χ1v) is 12.3. The topological polar surface area (TPSA) is 55.4 Å². The van der Waals surface area contributed by atoms with Gasteiger partial charge in [0.1, 0.15) is 8.75 Å². The summed E-state index contributed by atoms with van der Waals surface area (Å²) in [5.41, 5.74) is 0. The summed E-state index contributed by atoms with van der Waals surface area (Å²) in [6, 6.07) is -0.200. The fourth-order valence-electron chi connectivity index (χ4n) is 2.71.